The van der Waals surface area contributed by atoms with Gasteiger partial charge in [-0.2, -0.15) is 0 Å². The Morgan fingerprint density at radius 1 is 1.41 bits per heavy atom. The van der Waals surface area contributed by atoms with Crippen LogP contribution in [0.1, 0.15) is 13.3 Å². The average Bonchev–Trinajstić information content (AvgIpc) is 2.30. The molecule has 17 heavy (non-hydrogen) atoms. The van der Waals surface area contributed by atoms with E-state index in [1.165, 1.54) is 18.9 Å². The lowest BCUT2D eigenvalue weighted by atomic mass is 10.1. The van der Waals surface area contributed by atoms with Crippen LogP contribution < -0.4 is 11.1 Å². The molecule has 0 aromatic carbocycles. The summed E-state index contributed by atoms with van der Waals surface area (Å²) in [4.78, 5) is 35.6. The van der Waals surface area contributed by atoms with Crippen molar-refractivity contribution in [1.29, 1.82) is 0 Å². The van der Waals surface area contributed by atoms with Crippen LogP contribution >= 0.6 is 11.8 Å². The predicted octanol–water partition coefficient (Wildman–Crippen LogP) is -0.176. The number of rotatable bonds is 6. The fourth-order valence-electron chi connectivity index (χ4n) is 1.26. The smallest absolute Gasteiger partial charge is 0.281 e. The number of amides is 2. The second-order valence-electron chi connectivity index (χ2n) is 3.58. The van der Waals surface area contributed by atoms with Crippen molar-refractivity contribution in [3.63, 3.8) is 0 Å². The summed E-state index contributed by atoms with van der Waals surface area (Å²) in [6, 6.07) is -0.765. The second-order valence-corrected chi connectivity index (χ2v) is 4.34. The van der Waals surface area contributed by atoms with Crippen LogP contribution in [0.15, 0.2) is 0 Å². The van der Waals surface area contributed by atoms with E-state index in [0.717, 1.165) is 11.8 Å². The fourth-order valence-corrected chi connectivity index (χ4v) is 1.68. The van der Waals surface area contributed by atoms with E-state index in [1.54, 1.807) is 6.26 Å². The van der Waals surface area contributed by atoms with Crippen molar-refractivity contribution in [1.82, 2.24) is 10.2 Å². The number of hydrogen-bond acceptors (Lipinski definition) is 5. The van der Waals surface area contributed by atoms with Crippen molar-refractivity contribution in [3.05, 3.63) is 0 Å². The van der Waals surface area contributed by atoms with Gasteiger partial charge in [-0.05, 0) is 13.2 Å². The largest absolute Gasteiger partial charge is 0.353 e. The van der Waals surface area contributed by atoms with Crippen molar-refractivity contribution in [3.8, 4) is 0 Å². The Morgan fingerprint density at radius 3 is 2.41 bits per heavy atom. The molecule has 98 valence electrons. The Hall–Kier alpha value is -1.08. The minimum atomic E-state index is -0.765. The lowest BCUT2D eigenvalue weighted by molar-refractivity contribution is -0.128. The summed E-state index contributed by atoms with van der Waals surface area (Å²) in [5.74, 6) is -0.491. The van der Waals surface area contributed by atoms with Crippen molar-refractivity contribution < 1.29 is 14.4 Å². The summed E-state index contributed by atoms with van der Waals surface area (Å²) >= 11 is 1.00. The molecule has 0 aliphatic carbocycles. The van der Waals surface area contributed by atoms with Crippen molar-refractivity contribution in [2.45, 2.75) is 19.4 Å². The van der Waals surface area contributed by atoms with Gasteiger partial charge in [0.25, 0.3) is 5.24 Å². The lowest BCUT2D eigenvalue weighted by Crippen LogP contribution is -2.48. The van der Waals surface area contributed by atoms with Gasteiger partial charge in [-0.25, -0.2) is 0 Å². The summed E-state index contributed by atoms with van der Waals surface area (Å²) in [5.41, 5.74) is 5.27. The molecule has 6 nitrogen and oxygen atoms in total. The maximum absolute atomic E-state index is 11.8. The van der Waals surface area contributed by atoms with Crippen LogP contribution in [0.4, 0.5) is 4.79 Å². The van der Waals surface area contributed by atoms with Crippen molar-refractivity contribution in [2.75, 3.05) is 26.4 Å². The first-order chi connectivity index (χ1) is 7.93. The first-order valence-electron chi connectivity index (χ1n) is 5.22. The molecular formula is C10H19N3O3S. The number of Topliss-reactive ketones (excluding diaryl/α,β-unsaturated/α-hetero) is 1. The van der Waals surface area contributed by atoms with E-state index in [4.69, 9.17) is 5.73 Å². The fraction of sp³-hybridized carbons (Fsp3) is 0.700. The minimum Gasteiger partial charge on any atom is -0.353 e. The number of hydrogen-bond donors (Lipinski definition) is 2. The second kappa shape index (κ2) is 8.08. The van der Waals surface area contributed by atoms with Gasteiger partial charge in [0.05, 0.1) is 0 Å². The maximum Gasteiger partial charge on any atom is 0.281 e. The van der Waals surface area contributed by atoms with Gasteiger partial charge in [0.15, 0.2) is 0 Å². The molecule has 0 heterocycles. The molecule has 0 bridgehead atoms. The number of ketones is 1. The minimum absolute atomic E-state index is 0.0131. The molecule has 0 rings (SSSR count). The molecule has 0 saturated heterocycles. The van der Waals surface area contributed by atoms with Crippen LogP contribution in [0, 0.1) is 0 Å². The van der Waals surface area contributed by atoms with E-state index < -0.39 is 6.04 Å². The molecule has 7 heteroatoms. The monoisotopic (exact) mass is 261 g/mol. The lowest BCUT2D eigenvalue weighted by Gasteiger charge is -2.25. The number of carbonyl (C=O) groups is 3. The molecule has 0 spiro atoms. The van der Waals surface area contributed by atoms with Gasteiger partial charge in [-0.15, -0.1) is 0 Å². The number of thioether (sulfide) groups is 1. The molecule has 2 amide bonds. The third kappa shape index (κ3) is 5.69. The summed E-state index contributed by atoms with van der Waals surface area (Å²) in [7, 11) is 1.51. The highest BCUT2D eigenvalue weighted by Gasteiger charge is 2.27. The van der Waals surface area contributed by atoms with Gasteiger partial charge < -0.3 is 16.0 Å². The Labute approximate surface area is 105 Å². The Kier molecular flexibility index (Phi) is 7.56. The topological polar surface area (TPSA) is 92.5 Å². The predicted molar refractivity (Wildman–Crippen MR) is 67.8 cm³/mol. The Morgan fingerprint density at radius 2 is 2.00 bits per heavy atom. The zero-order valence-corrected chi connectivity index (χ0v) is 11.2. The summed E-state index contributed by atoms with van der Waals surface area (Å²) in [6.07, 6.45) is 1.64. The van der Waals surface area contributed by atoms with Gasteiger partial charge in [-0.3, -0.25) is 14.4 Å². The summed E-state index contributed by atoms with van der Waals surface area (Å²) in [5, 5.41) is 2.33. The van der Waals surface area contributed by atoms with Gasteiger partial charge in [-0.1, -0.05) is 11.8 Å². The van der Waals surface area contributed by atoms with E-state index >= 15 is 0 Å². The molecule has 0 aliphatic heterocycles. The van der Waals surface area contributed by atoms with E-state index in [-0.39, 0.29) is 23.4 Å². The molecule has 0 aromatic rings. The van der Waals surface area contributed by atoms with Crippen LogP contribution in [0.2, 0.25) is 0 Å². The number of nitrogens with one attached hydrogen (secondary N) is 1. The molecule has 0 radical (unpaired) electrons. The van der Waals surface area contributed by atoms with Crippen LogP contribution in [-0.4, -0.2) is 54.3 Å². The van der Waals surface area contributed by atoms with E-state index in [0.29, 0.717) is 13.1 Å². The SMILES string of the molecule is CSC(=O)N(C)C(CC(C)=O)C(=O)NCCN. The van der Waals surface area contributed by atoms with Crippen molar-refractivity contribution in [2.24, 2.45) is 5.73 Å². The van der Waals surface area contributed by atoms with Crippen LogP contribution in [0.25, 0.3) is 0 Å². The Bertz CT molecular complexity index is 297. The van der Waals surface area contributed by atoms with Crippen LogP contribution in [0.5, 0.6) is 0 Å². The highest BCUT2D eigenvalue weighted by Crippen LogP contribution is 2.10. The van der Waals surface area contributed by atoms with Gasteiger partial charge >= 0.3 is 0 Å². The quantitative estimate of drug-likeness (QED) is 0.692. The molecular weight excluding hydrogens is 242 g/mol. The van der Waals surface area contributed by atoms with Crippen LogP contribution in [0.3, 0.4) is 0 Å². The number of nitrogens with zero attached hydrogens (tertiary/aromatic N) is 1. The van der Waals surface area contributed by atoms with E-state index in [9.17, 15) is 14.4 Å². The molecule has 0 fully saturated rings. The van der Waals surface area contributed by atoms with E-state index in [1.807, 2.05) is 0 Å². The summed E-state index contributed by atoms with van der Waals surface area (Å²) < 4.78 is 0. The standard InChI is InChI=1S/C10H19N3O3S/c1-7(14)6-8(9(15)12-5-4-11)13(2)10(16)17-3/h8H,4-6,11H2,1-3H3,(H,12,15). The van der Waals surface area contributed by atoms with Crippen LogP contribution in [-0.2, 0) is 9.59 Å². The third-order valence-electron chi connectivity index (χ3n) is 2.16. The zero-order valence-electron chi connectivity index (χ0n) is 10.4. The highest BCUT2D eigenvalue weighted by molar-refractivity contribution is 8.12. The normalized spacial score (nSPS) is 11.8. The first-order valence-corrected chi connectivity index (χ1v) is 6.44. The summed E-state index contributed by atoms with van der Waals surface area (Å²) in [6.45, 7) is 2.04. The highest BCUT2D eigenvalue weighted by atomic mass is 32.2. The van der Waals surface area contributed by atoms with Gasteiger partial charge in [0, 0.05) is 26.6 Å². The Balaban J connectivity index is 4.67. The number of likely N-dealkylation sites (N-methyl/N-ethyl adjacent to an activating group) is 1. The molecule has 1 atom stereocenters. The first kappa shape index (κ1) is 15.9. The number of carbonyl (C=O) groups excluding carboxylic acids is 3. The molecule has 1 unspecified atom stereocenters. The van der Waals surface area contributed by atoms with Crippen molar-refractivity contribution >= 4 is 28.7 Å². The maximum atomic E-state index is 11.8. The molecule has 3 N–H and O–H groups in total. The molecule has 0 saturated carbocycles. The average molecular weight is 261 g/mol. The number of nitrogens with two attached hydrogens (primary N) is 1. The van der Waals surface area contributed by atoms with Gasteiger partial charge in [0.1, 0.15) is 11.8 Å². The molecule has 0 aromatic heterocycles. The van der Waals surface area contributed by atoms with Gasteiger partial charge in [0.2, 0.25) is 5.91 Å². The van der Waals surface area contributed by atoms with E-state index in [2.05, 4.69) is 5.32 Å². The molecule has 0 aliphatic rings. The zero-order chi connectivity index (χ0) is 13.4. The third-order valence-corrected chi connectivity index (χ3v) is 2.79.